The number of nitrogens with one attached hydrogen (secondary N) is 1. The van der Waals surface area contributed by atoms with Gasteiger partial charge in [-0.1, -0.05) is 17.7 Å². The van der Waals surface area contributed by atoms with Gasteiger partial charge >= 0.3 is 0 Å². The number of aliphatic hydroxyl groups is 1. The predicted molar refractivity (Wildman–Crippen MR) is 100 cm³/mol. The third-order valence-corrected chi connectivity index (χ3v) is 6.83. The van der Waals surface area contributed by atoms with Crippen molar-refractivity contribution in [1.82, 2.24) is 10.3 Å². The van der Waals surface area contributed by atoms with E-state index in [1.807, 2.05) is 12.4 Å². The smallest absolute Gasteiger partial charge is 0.142 e. The first-order valence-corrected chi connectivity index (χ1v) is 9.72. The van der Waals surface area contributed by atoms with Crippen LogP contribution in [0.4, 0.5) is 4.39 Å². The van der Waals surface area contributed by atoms with Gasteiger partial charge in [-0.05, 0) is 54.7 Å². The van der Waals surface area contributed by atoms with E-state index < -0.39 is 11.9 Å². The molecule has 2 bridgehead atoms. The Hall–Kier alpha value is -1.53. The molecule has 4 fully saturated rings. The van der Waals surface area contributed by atoms with Crippen molar-refractivity contribution in [3.8, 4) is 0 Å². The summed E-state index contributed by atoms with van der Waals surface area (Å²) in [5.74, 6) is -0.501. The molecule has 1 saturated heterocycles. The second kappa shape index (κ2) is 5.98. The maximum Gasteiger partial charge on any atom is 0.142 e. The molecule has 142 valence electrons. The molecule has 4 aliphatic rings. The highest BCUT2D eigenvalue weighted by atomic mass is 35.5. The molecule has 3 saturated carbocycles. The summed E-state index contributed by atoms with van der Waals surface area (Å²) in [5.41, 5.74) is 2.10. The minimum absolute atomic E-state index is 0.0704. The minimum atomic E-state index is -0.755. The number of aliphatic hydroxyl groups excluding tert-OH is 1. The van der Waals surface area contributed by atoms with Crippen LogP contribution in [0.2, 0.25) is 5.02 Å². The zero-order chi connectivity index (χ0) is 18.7. The summed E-state index contributed by atoms with van der Waals surface area (Å²) in [6, 6.07) is 8.73. The summed E-state index contributed by atoms with van der Waals surface area (Å²) in [6.45, 7) is 1.15. The van der Waals surface area contributed by atoms with Crippen molar-refractivity contribution in [3.63, 3.8) is 0 Å². The molecule has 1 aliphatic heterocycles. The minimum Gasteiger partial charge on any atom is -0.388 e. The summed E-state index contributed by atoms with van der Waals surface area (Å²) in [6.07, 6.45) is 6.79. The van der Waals surface area contributed by atoms with Gasteiger partial charge in [0.05, 0.1) is 29.9 Å². The molecule has 6 rings (SSSR count). The van der Waals surface area contributed by atoms with Crippen LogP contribution >= 0.6 is 11.6 Å². The highest BCUT2D eigenvalue weighted by Crippen LogP contribution is 2.68. The first-order chi connectivity index (χ1) is 12.9. The summed E-state index contributed by atoms with van der Waals surface area (Å²) in [4.78, 5) is 4.11. The molecule has 0 amide bonds. The number of ether oxygens (including phenoxy) is 1. The number of rotatable bonds is 6. The monoisotopic (exact) mass is 388 g/mol. The van der Waals surface area contributed by atoms with Crippen LogP contribution in [-0.4, -0.2) is 34.4 Å². The van der Waals surface area contributed by atoms with Crippen molar-refractivity contribution in [2.45, 2.75) is 48.3 Å². The Morgan fingerprint density at radius 3 is 2.48 bits per heavy atom. The van der Waals surface area contributed by atoms with Crippen LogP contribution < -0.4 is 5.32 Å². The van der Waals surface area contributed by atoms with Crippen LogP contribution in [-0.2, 0) is 10.2 Å². The highest BCUT2D eigenvalue weighted by Gasteiger charge is 2.70. The second-order valence-electron chi connectivity index (χ2n) is 8.62. The van der Waals surface area contributed by atoms with Gasteiger partial charge in [-0.3, -0.25) is 4.98 Å². The molecule has 4 nitrogen and oxygen atoms in total. The quantitative estimate of drug-likeness (QED) is 0.794. The number of aromatic nitrogens is 1. The number of halogens is 2. The topological polar surface area (TPSA) is 54.4 Å². The standard InChI is InChI=1S/C21H22ClFN2O2/c22-16-2-1-14(7-17(16)23)18(26)8-20(12-27-13-20)25-21-9-19(10-21,11-21)15-3-5-24-6-4-15/h1-7,18,25-26H,8-13H2. The van der Waals surface area contributed by atoms with Gasteiger partial charge in [-0.15, -0.1) is 0 Å². The van der Waals surface area contributed by atoms with Crippen molar-refractivity contribution < 1.29 is 14.2 Å². The van der Waals surface area contributed by atoms with Crippen molar-refractivity contribution >= 4 is 11.6 Å². The molecular formula is C21H22ClFN2O2. The van der Waals surface area contributed by atoms with Gasteiger partial charge in [0.25, 0.3) is 0 Å². The van der Waals surface area contributed by atoms with Gasteiger partial charge < -0.3 is 15.2 Å². The molecule has 6 heteroatoms. The van der Waals surface area contributed by atoms with E-state index in [1.165, 1.54) is 17.7 Å². The van der Waals surface area contributed by atoms with E-state index >= 15 is 0 Å². The van der Waals surface area contributed by atoms with Crippen LogP contribution in [0.5, 0.6) is 0 Å². The SMILES string of the molecule is OC(CC1(NC23CC(c4ccncc4)(C2)C3)COC1)c1ccc(Cl)c(F)c1. The number of benzene rings is 1. The molecule has 2 aromatic rings. The molecular weight excluding hydrogens is 367 g/mol. The van der Waals surface area contributed by atoms with E-state index in [1.54, 1.807) is 6.07 Å². The van der Waals surface area contributed by atoms with E-state index in [4.69, 9.17) is 16.3 Å². The lowest BCUT2D eigenvalue weighted by molar-refractivity contribution is -0.168. The summed E-state index contributed by atoms with van der Waals surface area (Å²) >= 11 is 5.75. The average Bonchev–Trinajstić information content (AvgIpc) is 2.57. The Kier molecular flexibility index (Phi) is 3.89. The summed E-state index contributed by atoms with van der Waals surface area (Å²) < 4.78 is 19.2. The Morgan fingerprint density at radius 2 is 1.89 bits per heavy atom. The zero-order valence-electron chi connectivity index (χ0n) is 14.9. The van der Waals surface area contributed by atoms with E-state index in [-0.39, 0.29) is 16.1 Å². The first kappa shape index (κ1) is 17.6. The van der Waals surface area contributed by atoms with Crippen molar-refractivity contribution in [1.29, 1.82) is 0 Å². The Balaban J connectivity index is 1.26. The summed E-state index contributed by atoms with van der Waals surface area (Å²) in [5, 5.41) is 14.5. The predicted octanol–water partition coefficient (Wildman–Crippen LogP) is 3.53. The first-order valence-electron chi connectivity index (χ1n) is 9.34. The number of hydrogen-bond acceptors (Lipinski definition) is 4. The molecule has 1 unspecified atom stereocenters. The zero-order valence-corrected chi connectivity index (χ0v) is 15.7. The lowest BCUT2D eigenvalue weighted by Crippen LogP contribution is -2.81. The van der Waals surface area contributed by atoms with Crippen molar-refractivity contribution in [3.05, 3.63) is 64.7 Å². The molecule has 2 heterocycles. The number of hydrogen-bond donors (Lipinski definition) is 2. The van der Waals surface area contributed by atoms with Gasteiger partial charge in [0, 0.05) is 29.8 Å². The van der Waals surface area contributed by atoms with Gasteiger partial charge in [0.15, 0.2) is 0 Å². The number of pyridine rings is 1. The number of nitrogens with zero attached hydrogens (tertiary/aromatic N) is 1. The summed E-state index contributed by atoms with van der Waals surface area (Å²) in [7, 11) is 0. The molecule has 27 heavy (non-hydrogen) atoms. The highest BCUT2D eigenvalue weighted by molar-refractivity contribution is 6.30. The normalized spacial score (nSPS) is 31.4. The molecule has 2 N–H and O–H groups in total. The van der Waals surface area contributed by atoms with Crippen molar-refractivity contribution in [2.75, 3.05) is 13.2 Å². The Morgan fingerprint density at radius 1 is 1.19 bits per heavy atom. The molecule has 3 aliphatic carbocycles. The van der Waals surface area contributed by atoms with Crippen molar-refractivity contribution in [2.24, 2.45) is 0 Å². The van der Waals surface area contributed by atoms with Crippen LogP contribution in [0, 0.1) is 5.82 Å². The molecule has 1 aromatic carbocycles. The average molecular weight is 389 g/mol. The maximum atomic E-state index is 13.7. The van der Waals surface area contributed by atoms with E-state index in [2.05, 4.69) is 22.4 Å². The molecule has 0 radical (unpaired) electrons. The van der Waals surface area contributed by atoms with E-state index in [0.29, 0.717) is 30.6 Å². The van der Waals surface area contributed by atoms with Crippen LogP contribution in [0.1, 0.15) is 42.9 Å². The second-order valence-corrected chi connectivity index (χ2v) is 9.03. The lowest BCUT2D eigenvalue weighted by atomic mass is 9.37. The van der Waals surface area contributed by atoms with Crippen LogP contribution in [0.25, 0.3) is 0 Å². The van der Waals surface area contributed by atoms with Gasteiger partial charge in [0.1, 0.15) is 5.82 Å². The van der Waals surface area contributed by atoms with Gasteiger partial charge in [-0.2, -0.15) is 0 Å². The maximum absolute atomic E-state index is 13.7. The largest absolute Gasteiger partial charge is 0.388 e. The molecule has 1 atom stereocenters. The van der Waals surface area contributed by atoms with Crippen LogP contribution in [0.3, 0.4) is 0 Å². The van der Waals surface area contributed by atoms with Gasteiger partial charge in [-0.25, -0.2) is 4.39 Å². The van der Waals surface area contributed by atoms with Crippen LogP contribution in [0.15, 0.2) is 42.7 Å². The Labute approximate surface area is 162 Å². The third-order valence-electron chi connectivity index (χ3n) is 6.52. The fourth-order valence-electron chi connectivity index (χ4n) is 5.29. The molecule has 0 spiro atoms. The van der Waals surface area contributed by atoms with E-state index in [0.717, 1.165) is 19.3 Å². The Bertz CT molecular complexity index is 852. The van der Waals surface area contributed by atoms with Gasteiger partial charge in [0.2, 0.25) is 0 Å². The molecule has 1 aromatic heterocycles. The lowest BCUT2D eigenvalue weighted by Gasteiger charge is -2.73. The fourth-order valence-corrected chi connectivity index (χ4v) is 5.41. The third kappa shape index (κ3) is 2.80. The van der Waals surface area contributed by atoms with E-state index in [9.17, 15) is 9.50 Å². The fraction of sp³-hybridized carbons (Fsp3) is 0.476.